The van der Waals surface area contributed by atoms with Crippen LogP contribution in [0, 0.1) is 24.2 Å². The van der Waals surface area contributed by atoms with Crippen LogP contribution in [0.25, 0.3) is 6.08 Å². The molecular weight excluding hydrogens is 474 g/mol. The van der Waals surface area contributed by atoms with Crippen molar-refractivity contribution in [3.8, 4) is 0 Å². The number of ether oxygens (including phenoxy) is 2. The summed E-state index contributed by atoms with van der Waals surface area (Å²) in [6, 6.07) is 0. The third-order valence-corrected chi connectivity index (χ3v) is 7.99. The first kappa shape index (κ1) is 27.8. The molecule has 0 amide bonds. The van der Waals surface area contributed by atoms with Gasteiger partial charge in [-0.05, 0) is 31.8 Å². The number of esters is 1. The summed E-state index contributed by atoms with van der Waals surface area (Å²) in [7, 11) is 0. The lowest BCUT2D eigenvalue weighted by atomic mass is 9.73. The van der Waals surface area contributed by atoms with Gasteiger partial charge in [0.05, 0.1) is 40.8 Å². The van der Waals surface area contributed by atoms with Crippen molar-refractivity contribution in [3.63, 3.8) is 0 Å². The number of nitrogens with zero attached hydrogens (tertiary/aromatic N) is 1. The minimum atomic E-state index is -1.29. The quantitative estimate of drug-likeness (QED) is 0.447. The van der Waals surface area contributed by atoms with Crippen LogP contribution in [-0.2, 0) is 19.1 Å². The Labute approximate surface area is 212 Å². The Kier molecular flexibility index (Phi) is 8.52. The molecule has 9 heteroatoms. The van der Waals surface area contributed by atoms with Crippen molar-refractivity contribution in [1.82, 2.24) is 4.98 Å². The minimum Gasteiger partial charge on any atom is -0.456 e. The largest absolute Gasteiger partial charge is 0.456 e. The number of oxazole rings is 1. The van der Waals surface area contributed by atoms with Crippen LogP contribution in [0.2, 0.25) is 0 Å². The van der Waals surface area contributed by atoms with Crippen LogP contribution < -0.4 is 0 Å². The highest BCUT2D eigenvalue weighted by Gasteiger charge is 2.53. The second-order valence-corrected chi connectivity index (χ2v) is 11.3. The van der Waals surface area contributed by atoms with Crippen molar-refractivity contribution in [2.24, 2.45) is 17.3 Å². The van der Waals surface area contributed by atoms with E-state index in [2.05, 4.69) is 4.98 Å². The number of aromatic nitrogens is 1. The number of carbonyl (C=O) groups is 2. The van der Waals surface area contributed by atoms with Gasteiger partial charge in [0.2, 0.25) is 0 Å². The number of hydrogen-bond acceptors (Lipinski definition) is 8. The van der Waals surface area contributed by atoms with E-state index in [0.717, 1.165) is 19.3 Å². The Bertz CT molecular complexity index is 957. The van der Waals surface area contributed by atoms with E-state index in [1.165, 1.54) is 6.26 Å². The van der Waals surface area contributed by atoms with Crippen LogP contribution in [0.1, 0.15) is 78.3 Å². The SMILES string of the molecule is Cc1nc(C=C(Cl)[C@@H]2C[C@@H]3O[C@]3(C)CCC[C@H](C)[C@H](O)[C@@H](C)C(=O)C(C)(C)[C@@H](O)CC(=O)O2)co1. The lowest BCUT2D eigenvalue weighted by Gasteiger charge is -2.34. The molecule has 0 aliphatic carbocycles. The van der Waals surface area contributed by atoms with Crippen LogP contribution in [-0.4, -0.2) is 57.0 Å². The second kappa shape index (κ2) is 10.7. The highest BCUT2D eigenvalue weighted by molar-refractivity contribution is 6.32. The van der Waals surface area contributed by atoms with Gasteiger partial charge in [-0.1, -0.05) is 45.7 Å². The number of aliphatic hydroxyl groups excluding tert-OH is 2. The van der Waals surface area contributed by atoms with Gasteiger partial charge < -0.3 is 24.1 Å². The summed E-state index contributed by atoms with van der Waals surface area (Å²) in [5.41, 5.74) is -1.12. The molecular formula is C26H38ClNO7. The molecule has 0 saturated carbocycles. The Morgan fingerprint density at radius 1 is 1.23 bits per heavy atom. The molecule has 2 fully saturated rings. The van der Waals surface area contributed by atoms with Crippen molar-refractivity contribution < 1.29 is 33.7 Å². The number of aryl methyl sites for hydroxylation is 1. The standard InChI is InChI=1S/C26H38ClNO7/c1-14-8-7-9-26(6)21(35-26)11-19(18(27)10-17-13-33-16(3)28-17)34-22(30)12-20(29)25(4,5)24(32)15(2)23(14)31/h10,13-15,19-21,23,29,31H,7-9,11-12H2,1-6H3/t14-,15+,19-,20-,21-,23-,26+/m0/s1. The Hall–Kier alpha value is -1.74. The van der Waals surface area contributed by atoms with Gasteiger partial charge >= 0.3 is 5.97 Å². The van der Waals surface area contributed by atoms with Gasteiger partial charge in [-0.25, -0.2) is 4.98 Å². The summed E-state index contributed by atoms with van der Waals surface area (Å²) < 4.78 is 16.9. The van der Waals surface area contributed by atoms with E-state index >= 15 is 0 Å². The third-order valence-electron chi connectivity index (χ3n) is 7.64. The van der Waals surface area contributed by atoms with Crippen LogP contribution in [0.5, 0.6) is 0 Å². The van der Waals surface area contributed by atoms with Gasteiger partial charge in [-0.15, -0.1) is 0 Å². The van der Waals surface area contributed by atoms with Crippen LogP contribution in [0.3, 0.4) is 0 Å². The molecule has 2 N–H and O–H groups in total. The molecule has 8 nitrogen and oxygen atoms in total. The molecule has 3 rings (SSSR count). The summed E-state index contributed by atoms with van der Waals surface area (Å²) in [6.07, 6.45) is 2.24. The van der Waals surface area contributed by atoms with Crippen molar-refractivity contribution in [1.29, 1.82) is 0 Å². The maximum atomic E-state index is 13.2. The molecule has 1 aromatic heterocycles. The van der Waals surface area contributed by atoms with Crippen molar-refractivity contribution in [2.45, 2.75) is 104 Å². The Morgan fingerprint density at radius 2 is 1.91 bits per heavy atom. The predicted molar refractivity (Wildman–Crippen MR) is 130 cm³/mol. The van der Waals surface area contributed by atoms with Gasteiger partial charge in [0.15, 0.2) is 5.89 Å². The molecule has 3 heterocycles. The van der Waals surface area contributed by atoms with E-state index < -0.39 is 35.6 Å². The molecule has 2 aliphatic heterocycles. The van der Waals surface area contributed by atoms with E-state index in [-0.39, 0.29) is 34.9 Å². The Balaban J connectivity index is 1.85. The fraction of sp³-hybridized carbons (Fsp3) is 0.731. The van der Waals surface area contributed by atoms with Gasteiger partial charge in [-0.3, -0.25) is 9.59 Å². The number of epoxide rings is 1. The van der Waals surface area contributed by atoms with Crippen molar-refractivity contribution in [3.05, 3.63) is 22.9 Å². The zero-order valence-electron chi connectivity index (χ0n) is 21.4. The molecule has 0 radical (unpaired) electrons. The first-order chi connectivity index (χ1) is 16.2. The Morgan fingerprint density at radius 3 is 2.54 bits per heavy atom. The van der Waals surface area contributed by atoms with Gasteiger partial charge in [0, 0.05) is 19.3 Å². The molecule has 1 aromatic rings. The van der Waals surface area contributed by atoms with E-state index in [4.69, 9.17) is 25.5 Å². The number of carbonyl (C=O) groups excluding carboxylic acids is 2. The van der Waals surface area contributed by atoms with E-state index in [1.54, 1.807) is 33.8 Å². The number of cyclic esters (lactones) is 1. The second-order valence-electron chi connectivity index (χ2n) is 10.9. The van der Waals surface area contributed by atoms with E-state index in [0.29, 0.717) is 18.0 Å². The number of hydrogen-bond donors (Lipinski definition) is 2. The molecule has 0 aromatic carbocycles. The fourth-order valence-electron chi connectivity index (χ4n) is 4.86. The summed E-state index contributed by atoms with van der Waals surface area (Å²) in [6.45, 7) is 10.5. The average Bonchev–Trinajstić information content (AvgIpc) is 3.22. The highest BCUT2D eigenvalue weighted by Crippen LogP contribution is 2.45. The monoisotopic (exact) mass is 511 g/mol. The smallest absolute Gasteiger partial charge is 0.309 e. The minimum absolute atomic E-state index is 0.100. The fourth-order valence-corrected chi connectivity index (χ4v) is 5.11. The maximum Gasteiger partial charge on any atom is 0.309 e. The molecule has 2 aliphatic rings. The first-order valence-electron chi connectivity index (χ1n) is 12.3. The number of Topliss-reactive ketones (excluding diaryl/α,β-unsaturated/α-hetero) is 1. The predicted octanol–water partition coefficient (Wildman–Crippen LogP) is 4.19. The number of halogens is 1. The number of aliphatic hydroxyl groups is 2. The number of rotatable bonds is 2. The van der Waals surface area contributed by atoms with E-state index in [1.807, 2.05) is 13.8 Å². The van der Waals surface area contributed by atoms with Gasteiger partial charge in [-0.2, -0.15) is 0 Å². The molecule has 7 atom stereocenters. The first-order valence-corrected chi connectivity index (χ1v) is 12.7. The molecule has 2 saturated heterocycles. The van der Waals surface area contributed by atoms with Crippen molar-refractivity contribution >= 4 is 29.4 Å². The molecule has 0 spiro atoms. The lowest BCUT2D eigenvalue weighted by Crippen LogP contribution is -2.45. The normalized spacial score (nSPS) is 37.5. The van der Waals surface area contributed by atoms with Crippen LogP contribution in [0.4, 0.5) is 0 Å². The van der Waals surface area contributed by atoms with Crippen LogP contribution in [0.15, 0.2) is 15.7 Å². The summed E-state index contributed by atoms with van der Waals surface area (Å²) in [4.78, 5) is 30.2. The lowest BCUT2D eigenvalue weighted by molar-refractivity contribution is -0.154. The molecule has 196 valence electrons. The summed E-state index contributed by atoms with van der Waals surface area (Å²) in [5, 5.41) is 21.9. The molecule has 0 unspecified atom stereocenters. The van der Waals surface area contributed by atoms with Crippen molar-refractivity contribution in [2.75, 3.05) is 0 Å². The topological polar surface area (TPSA) is 122 Å². The average molecular weight is 512 g/mol. The zero-order chi connectivity index (χ0) is 26.1. The van der Waals surface area contributed by atoms with E-state index in [9.17, 15) is 19.8 Å². The van der Waals surface area contributed by atoms with Gasteiger partial charge in [0.1, 0.15) is 23.8 Å². The number of ketones is 1. The highest BCUT2D eigenvalue weighted by atomic mass is 35.5. The zero-order valence-corrected chi connectivity index (χ0v) is 22.2. The third kappa shape index (κ3) is 6.53. The number of fused-ring (bicyclic) bond motifs is 1. The summed E-state index contributed by atoms with van der Waals surface area (Å²) in [5.74, 6) is -1.27. The van der Waals surface area contributed by atoms with Gasteiger partial charge in [0.25, 0.3) is 0 Å². The maximum absolute atomic E-state index is 13.2. The summed E-state index contributed by atoms with van der Waals surface area (Å²) >= 11 is 6.57. The van der Waals surface area contributed by atoms with Crippen LogP contribution >= 0.6 is 11.6 Å². The molecule has 0 bridgehead atoms. The molecule has 35 heavy (non-hydrogen) atoms.